The first-order valence-corrected chi connectivity index (χ1v) is 9.56. The Morgan fingerprint density at radius 2 is 1.96 bits per heavy atom. The molecule has 1 aromatic heterocycles. The number of nitrogens with zero attached hydrogens (tertiary/aromatic N) is 2. The molecule has 1 rings (SSSR count). The van der Waals surface area contributed by atoms with Gasteiger partial charge in [-0.2, -0.15) is 0 Å². The molecule has 0 amide bonds. The molecule has 0 atom stereocenters. The lowest BCUT2D eigenvalue weighted by atomic mass is 9.93. The van der Waals surface area contributed by atoms with Crippen LogP contribution < -0.4 is 10.6 Å². The number of hydrogen-bond acceptors (Lipinski definition) is 4. The molecule has 1 heterocycles. The molecule has 5 nitrogen and oxygen atoms in total. The lowest BCUT2D eigenvalue weighted by Gasteiger charge is -2.26. The predicted octanol–water partition coefficient (Wildman–Crippen LogP) is 2.88. The molecule has 132 valence electrons. The van der Waals surface area contributed by atoms with Crippen LogP contribution in [-0.4, -0.2) is 41.3 Å². The summed E-state index contributed by atoms with van der Waals surface area (Å²) >= 11 is 1.68. The number of nitrogens with one attached hydrogen (secondary N) is 2. The minimum absolute atomic E-state index is 0.444. The average molecular weight is 341 g/mol. The molecule has 0 saturated heterocycles. The summed E-state index contributed by atoms with van der Waals surface area (Å²) in [6.45, 7) is 10.3. The molecule has 0 saturated carbocycles. The molecule has 0 aliphatic carbocycles. The van der Waals surface area contributed by atoms with E-state index in [1.165, 1.54) is 0 Å². The third-order valence-electron chi connectivity index (χ3n) is 3.65. The van der Waals surface area contributed by atoms with E-state index in [0.717, 1.165) is 61.9 Å². The minimum Gasteiger partial charge on any atom is -0.388 e. The van der Waals surface area contributed by atoms with Crippen molar-refractivity contribution in [1.29, 1.82) is 0 Å². The fourth-order valence-electron chi connectivity index (χ4n) is 2.61. The second kappa shape index (κ2) is 10.6. The summed E-state index contributed by atoms with van der Waals surface area (Å²) in [5.74, 6) is 0.769. The maximum absolute atomic E-state index is 10.7. The van der Waals surface area contributed by atoms with Crippen molar-refractivity contribution in [3.8, 4) is 0 Å². The summed E-state index contributed by atoms with van der Waals surface area (Å²) < 4.78 is 0. The summed E-state index contributed by atoms with van der Waals surface area (Å²) in [6.07, 6.45) is 4.41. The van der Waals surface area contributed by atoms with E-state index in [-0.39, 0.29) is 0 Å². The van der Waals surface area contributed by atoms with Crippen molar-refractivity contribution in [2.24, 2.45) is 4.99 Å². The number of aromatic nitrogens is 1. The summed E-state index contributed by atoms with van der Waals surface area (Å²) in [5.41, 5.74) is 0.432. The predicted molar refractivity (Wildman–Crippen MR) is 99.3 cm³/mol. The Hall–Kier alpha value is -1.14. The van der Waals surface area contributed by atoms with Crippen molar-refractivity contribution in [2.45, 2.75) is 65.4 Å². The maximum atomic E-state index is 10.7. The highest BCUT2D eigenvalue weighted by Gasteiger charge is 2.24. The van der Waals surface area contributed by atoms with Crippen molar-refractivity contribution < 1.29 is 5.11 Å². The zero-order valence-electron chi connectivity index (χ0n) is 15.0. The van der Waals surface area contributed by atoms with Crippen molar-refractivity contribution in [1.82, 2.24) is 15.6 Å². The van der Waals surface area contributed by atoms with Gasteiger partial charge in [-0.05, 0) is 26.7 Å². The lowest BCUT2D eigenvalue weighted by molar-refractivity contribution is 0.0306. The normalized spacial score (nSPS) is 12.5. The molecule has 0 bridgehead atoms. The smallest absolute Gasteiger partial charge is 0.191 e. The van der Waals surface area contributed by atoms with E-state index >= 15 is 0 Å². The van der Waals surface area contributed by atoms with Crippen LogP contribution in [0.3, 0.4) is 0 Å². The first-order chi connectivity index (χ1) is 11.0. The SMILES string of the molecule is CCCC(O)(CCC)CN=C(NCC)NCCc1csc(C)n1. The minimum atomic E-state index is -0.683. The van der Waals surface area contributed by atoms with Crippen LogP contribution in [0.2, 0.25) is 0 Å². The number of guanidine groups is 1. The molecule has 0 aromatic carbocycles. The lowest BCUT2D eigenvalue weighted by Crippen LogP contribution is -2.40. The van der Waals surface area contributed by atoms with Crippen molar-refractivity contribution >= 4 is 17.3 Å². The average Bonchev–Trinajstić information content (AvgIpc) is 2.91. The number of thiazole rings is 1. The molecule has 0 fully saturated rings. The van der Waals surface area contributed by atoms with Crippen LogP contribution in [0.25, 0.3) is 0 Å². The van der Waals surface area contributed by atoms with Crippen molar-refractivity contribution in [2.75, 3.05) is 19.6 Å². The Morgan fingerprint density at radius 1 is 1.26 bits per heavy atom. The van der Waals surface area contributed by atoms with E-state index < -0.39 is 5.60 Å². The Labute approximate surface area is 144 Å². The molecule has 0 spiro atoms. The molecule has 3 N–H and O–H groups in total. The van der Waals surface area contributed by atoms with Gasteiger partial charge >= 0.3 is 0 Å². The van der Waals surface area contributed by atoms with Gasteiger partial charge in [0.25, 0.3) is 0 Å². The quantitative estimate of drug-likeness (QED) is 0.452. The third kappa shape index (κ3) is 7.79. The Kier molecular flexibility index (Phi) is 9.17. The second-order valence-electron chi connectivity index (χ2n) is 5.95. The van der Waals surface area contributed by atoms with Gasteiger partial charge in [0, 0.05) is 24.9 Å². The molecular formula is C17H32N4OS. The van der Waals surface area contributed by atoms with Crippen LogP contribution in [0.5, 0.6) is 0 Å². The Balaban J connectivity index is 2.54. The van der Waals surface area contributed by atoms with Gasteiger partial charge in [0.1, 0.15) is 0 Å². The molecule has 23 heavy (non-hydrogen) atoms. The summed E-state index contributed by atoms with van der Waals surface area (Å²) in [4.78, 5) is 9.05. The zero-order chi connectivity index (χ0) is 17.1. The van der Waals surface area contributed by atoms with Gasteiger partial charge < -0.3 is 15.7 Å². The van der Waals surface area contributed by atoms with E-state index in [2.05, 4.69) is 39.8 Å². The van der Waals surface area contributed by atoms with Crippen LogP contribution in [0, 0.1) is 6.92 Å². The first kappa shape index (κ1) is 19.9. The molecule has 0 radical (unpaired) electrons. The molecule has 1 aromatic rings. The summed E-state index contributed by atoms with van der Waals surface area (Å²) in [5, 5.41) is 20.4. The fourth-order valence-corrected chi connectivity index (χ4v) is 3.26. The monoisotopic (exact) mass is 340 g/mol. The van der Waals surface area contributed by atoms with Gasteiger partial charge in [0.05, 0.1) is 22.8 Å². The highest BCUT2D eigenvalue weighted by molar-refractivity contribution is 7.09. The number of aryl methyl sites for hydroxylation is 1. The second-order valence-corrected chi connectivity index (χ2v) is 7.02. The number of aliphatic hydroxyl groups is 1. The molecule has 0 aliphatic rings. The largest absolute Gasteiger partial charge is 0.388 e. The van der Waals surface area contributed by atoms with Crippen LogP contribution in [-0.2, 0) is 6.42 Å². The first-order valence-electron chi connectivity index (χ1n) is 8.68. The van der Waals surface area contributed by atoms with Crippen LogP contribution in [0.1, 0.15) is 57.2 Å². The fraction of sp³-hybridized carbons (Fsp3) is 0.765. The van der Waals surface area contributed by atoms with Gasteiger partial charge in [-0.15, -0.1) is 11.3 Å². The Morgan fingerprint density at radius 3 is 2.48 bits per heavy atom. The van der Waals surface area contributed by atoms with Gasteiger partial charge in [-0.25, -0.2) is 4.98 Å². The van der Waals surface area contributed by atoms with Crippen LogP contribution in [0.15, 0.2) is 10.4 Å². The van der Waals surface area contributed by atoms with E-state index in [0.29, 0.717) is 6.54 Å². The van der Waals surface area contributed by atoms with Crippen LogP contribution in [0.4, 0.5) is 0 Å². The highest BCUT2D eigenvalue weighted by Crippen LogP contribution is 2.19. The number of rotatable bonds is 10. The molecule has 0 unspecified atom stereocenters. The Bertz CT molecular complexity index is 467. The molecule has 6 heteroatoms. The highest BCUT2D eigenvalue weighted by atomic mass is 32.1. The van der Waals surface area contributed by atoms with Gasteiger partial charge in [-0.3, -0.25) is 4.99 Å². The van der Waals surface area contributed by atoms with E-state index in [4.69, 9.17) is 0 Å². The number of aliphatic imine (C=N–C) groups is 1. The standard InChI is InChI=1S/C17H32N4OS/c1-5-9-17(22,10-6-2)13-20-16(18-7-3)19-11-8-15-12-23-14(4)21-15/h12,22H,5-11,13H2,1-4H3,(H2,18,19,20). The van der Waals surface area contributed by atoms with E-state index in [9.17, 15) is 5.11 Å². The van der Waals surface area contributed by atoms with Gasteiger partial charge in [0.15, 0.2) is 5.96 Å². The zero-order valence-corrected chi connectivity index (χ0v) is 15.8. The van der Waals surface area contributed by atoms with Crippen molar-refractivity contribution in [3.63, 3.8) is 0 Å². The third-order valence-corrected chi connectivity index (χ3v) is 4.47. The summed E-state index contributed by atoms with van der Waals surface area (Å²) in [7, 11) is 0. The molecular weight excluding hydrogens is 308 g/mol. The summed E-state index contributed by atoms with van der Waals surface area (Å²) in [6, 6.07) is 0. The maximum Gasteiger partial charge on any atom is 0.191 e. The van der Waals surface area contributed by atoms with E-state index in [1.54, 1.807) is 11.3 Å². The van der Waals surface area contributed by atoms with Gasteiger partial charge in [-0.1, -0.05) is 26.7 Å². The van der Waals surface area contributed by atoms with E-state index in [1.807, 2.05) is 13.8 Å². The van der Waals surface area contributed by atoms with Gasteiger partial charge in [0.2, 0.25) is 0 Å². The topological polar surface area (TPSA) is 69.5 Å². The number of hydrogen-bond donors (Lipinski definition) is 3. The van der Waals surface area contributed by atoms with Crippen molar-refractivity contribution in [3.05, 3.63) is 16.1 Å². The molecule has 0 aliphatic heterocycles. The van der Waals surface area contributed by atoms with Crippen LogP contribution >= 0.6 is 11.3 Å².